The van der Waals surface area contributed by atoms with Crippen LogP contribution in [-0.2, 0) is 4.79 Å². The molecule has 3 aromatic rings. The van der Waals surface area contributed by atoms with Gasteiger partial charge in [-0.1, -0.05) is 49.7 Å². The molecular weight excluding hydrogens is 412 g/mol. The first-order valence-electron chi connectivity index (χ1n) is 10.2. The molecule has 158 valence electrons. The number of benzene rings is 2. The fourth-order valence-electron chi connectivity index (χ4n) is 4.48. The lowest BCUT2D eigenvalue weighted by Gasteiger charge is -2.38. The molecule has 0 bridgehead atoms. The predicted octanol–water partition coefficient (Wildman–Crippen LogP) is 5.27. The van der Waals surface area contributed by atoms with E-state index in [1.165, 1.54) is 0 Å². The number of carbonyl (C=O) groups excluding carboxylic acids is 1. The molecule has 2 aliphatic rings. The van der Waals surface area contributed by atoms with Crippen molar-refractivity contribution in [2.45, 2.75) is 32.7 Å². The number of methoxy groups -OCH3 is 1. The molecule has 0 radical (unpaired) electrons. The van der Waals surface area contributed by atoms with Gasteiger partial charge < -0.3 is 10.1 Å². The van der Waals surface area contributed by atoms with Crippen LogP contribution in [0.5, 0.6) is 5.75 Å². The van der Waals surface area contributed by atoms with E-state index in [1.54, 1.807) is 11.8 Å². The normalized spacial score (nSPS) is 19.5. The van der Waals surface area contributed by atoms with E-state index in [0.29, 0.717) is 23.2 Å². The quantitative estimate of drug-likeness (QED) is 0.608. The Morgan fingerprint density at radius 1 is 1.16 bits per heavy atom. The van der Waals surface area contributed by atoms with Gasteiger partial charge in [0.2, 0.25) is 5.95 Å². The van der Waals surface area contributed by atoms with Crippen molar-refractivity contribution in [3.8, 4) is 17.1 Å². The van der Waals surface area contributed by atoms with Crippen LogP contribution in [0, 0.1) is 5.41 Å². The van der Waals surface area contributed by atoms with Gasteiger partial charge in [-0.05, 0) is 41.7 Å². The maximum Gasteiger partial charge on any atom is 0.226 e. The Hall–Kier alpha value is -3.12. The first-order chi connectivity index (χ1) is 14.8. The molecule has 1 aliphatic heterocycles. The summed E-state index contributed by atoms with van der Waals surface area (Å²) in [6, 6.07) is 14.9. The molecule has 2 heterocycles. The molecular formula is C24H23ClN4O2. The average molecular weight is 435 g/mol. The van der Waals surface area contributed by atoms with Crippen LogP contribution < -0.4 is 10.1 Å². The Bertz CT molecular complexity index is 1230. The molecule has 2 aromatic carbocycles. The summed E-state index contributed by atoms with van der Waals surface area (Å²) in [5.74, 6) is 2.05. The van der Waals surface area contributed by atoms with E-state index in [1.807, 2.05) is 48.5 Å². The van der Waals surface area contributed by atoms with Crippen molar-refractivity contribution in [1.82, 2.24) is 14.8 Å². The summed E-state index contributed by atoms with van der Waals surface area (Å²) < 4.78 is 7.25. The molecule has 1 N–H and O–H groups in total. The fourth-order valence-corrected chi connectivity index (χ4v) is 4.67. The standard InChI is InChI=1S/C24H23ClN4O2/c1-24(2)12-18-20(19(30)13-24)21(14-6-5-9-17(11-14)31-3)29-23(26-18)27-22(28-29)15-7-4-8-16(25)10-15/h4-11,21H,12-13H2,1-3H3,(H,26,27,28)/t21-/m1/s1. The topological polar surface area (TPSA) is 69.0 Å². The number of ether oxygens (including phenoxy) is 1. The molecule has 5 rings (SSSR count). The zero-order chi connectivity index (χ0) is 21.8. The van der Waals surface area contributed by atoms with Crippen molar-refractivity contribution in [2.24, 2.45) is 5.41 Å². The Balaban J connectivity index is 1.69. The number of ketones is 1. The molecule has 0 amide bonds. The number of aromatic nitrogens is 3. The van der Waals surface area contributed by atoms with Crippen LogP contribution in [0.25, 0.3) is 11.4 Å². The highest BCUT2D eigenvalue weighted by molar-refractivity contribution is 6.30. The van der Waals surface area contributed by atoms with E-state index in [9.17, 15) is 4.79 Å². The number of nitrogens with one attached hydrogen (secondary N) is 1. The van der Waals surface area contributed by atoms with Crippen molar-refractivity contribution in [2.75, 3.05) is 12.4 Å². The molecule has 0 saturated carbocycles. The van der Waals surface area contributed by atoms with E-state index in [0.717, 1.165) is 34.6 Å². The number of carbonyl (C=O) groups is 1. The lowest BCUT2D eigenvalue weighted by atomic mass is 9.73. The molecule has 6 nitrogen and oxygen atoms in total. The van der Waals surface area contributed by atoms with E-state index in [-0.39, 0.29) is 17.2 Å². The van der Waals surface area contributed by atoms with Gasteiger partial charge in [-0.2, -0.15) is 4.98 Å². The second kappa shape index (κ2) is 7.24. The predicted molar refractivity (Wildman–Crippen MR) is 120 cm³/mol. The van der Waals surface area contributed by atoms with E-state index < -0.39 is 0 Å². The number of Topliss-reactive ketones (excluding diaryl/α,β-unsaturated/α-hetero) is 1. The zero-order valence-corrected chi connectivity index (χ0v) is 18.4. The highest BCUT2D eigenvalue weighted by atomic mass is 35.5. The van der Waals surface area contributed by atoms with Crippen LogP contribution >= 0.6 is 11.6 Å². The largest absolute Gasteiger partial charge is 0.497 e. The molecule has 0 unspecified atom stereocenters. The van der Waals surface area contributed by atoms with Gasteiger partial charge in [0.05, 0.1) is 7.11 Å². The highest BCUT2D eigenvalue weighted by Gasteiger charge is 2.42. The summed E-state index contributed by atoms with van der Waals surface area (Å²) in [7, 11) is 1.64. The van der Waals surface area contributed by atoms with Crippen molar-refractivity contribution in [3.63, 3.8) is 0 Å². The molecule has 1 atom stereocenters. The minimum Gasteiger partial charge on any atom is -0.497 e. The summed E-state index contributed by atoms with van der Waals surface area (Å²) in [6.45, 7) is 4.24. The smallest absolute Gasteiger partial charge is 0.226 e. The number of hydrogen-bond acceptors (Lipinski definition) is 5. The van der Waals surface area contributed by atoms with Gasteiger partial charge >= 0.3 is 0 Å². The minimum absolute atomic E-state index is 0.111. The van der Waals surface area contributed by atoms with Crippen LogP contribution in [0.2, 0.25) is 5.02 Å². The van der Waals surface area contributed by atoms with E-state index in [2.05, 4.69) is 19.2 Å². The van der Waals surface area contributed by atoms with Crippen LogP contribution in [0.15, 0.2) is 59.8 Å². The second-order valence-electron chi connectivity index (χ2n) is 8.85. The van der Waals surface area contributed by atoms with Gasteiger partial charge in [-0.25, -0.2) is 4.68 Å². The maximum absolute atomic E-state index is 13.3. The maximum atomic E-state index is 13.3. The van der Waals surface area contributed by atoms with Crippen LogP contribution in [0.1, 0.15) is 38.3 Å². The Morgan fingerprint density at radius 3 is 2.74 bits per heavy atom. The van der Waals surface area contributed by atoms with Gasteiger partial charge in [0.15, 0.2) is 11.6 Å². The highest BCUT2D eigenvalue weighted by Crippen LogP contribution is 2.46. The third kappa shape index (κ3) is 3.51. The summed E-state index contributed by atoms with van der Waals surface area (Å²) in [5.41, 5.74) is 3.32. The van der Waals surface area contributed by atoms with Gasteiger partial charge in [0.25, 0.3) is 0 Å². The van der Waals surface area contributed by atoms with Gasteiger partial charge in [-0.3, -0.25) is 4.79 Å². The van der Waals surface area contributed by atoms with E-state index >= 15 is 0 Å². The Kier molecular flexibility index (Phi) is 4.63. The van der Waals surface area contributed by atoms with Crippen molar-refractivity contribution in [1.29, 1.82) is 0 Å². The Labute approximate surface area is 185 Å². The summed E-state index contributed by atoms with van der Waals surface area (Å²) in [6.07, 6.45) is 1.27. The van der Waals surface area contributed by atoms with Gasteiger partial charge in [0.1, 0.15) is 11.8 Å². The molecule has 1 aromatic heterocycles. The lowest BCUT2D eigenvalue weighted by molar-refractivity contribution is -0.118. The van der Waals surface area contributed by atoms with Crippen molar-refractivity contribution < 1.29 is 9.53 Å². The fraction of sp³-hybridized carbons (Fsp3) is 0.292. The van der Waals surface area contributed by atoms with Crippen LogP contribution in [0.4, 0.5) is 5.95 Å². The van der Waals surface area contributed by atoms with Crippen molar-refractivity contribution >= 4 is 23.3 Å². The van der Waals surface area contributed by atoms with E-state index in [4.69, 9.17) is 26.4 Å². The summed E-state index contributed by atoms with van der Waals surface area (Å²) >= 11 is 6.18. The van der Waals surface area contributed by atoms with Gasteiger partial charge in [0, 0.05) is 28.3 Å². The first-order valence-corrected chi connectivity index (χ1v) is 10.6. The summed E-state index contributed by atoms with van der Waals surface area (Å²) in [4.78, 5) is 18.1. The third-order valence-corrected chi connectivity index (χ3v) is 6.06. The zero-order valence-electron chi connectivity index (χ0n) is 17.6. The number of nitrogens with zero attached hydrogens (tertiary/aromatic N) is 3. The van der Waals surface area contributed by atoms with Crippen molar-refractivity contribution in [3.05, 3.63) is 70.4 Å². The minimum atomic E-state index is -0.370. The molecule has 31 heavy (non-hydrogen) atoms. The second-order valence-corrected chi connectivity index (χ2v) is 9.29. The van der Waals surface area contributed by atoms with Crippen LogP contribution in [0.3, 0.4) is 0 Å². The number of fused-ring (bicyclic) bond motifs is 1. The SMILES string of the molecule is COc1cccc([C@@H]2C3=C(CC(C)(C)CC3=O)Nc3nc(-c4cccc(Cl)c4)nn32)c1. The number of hydrogen-bond donors (Lipinski definition) is 1. The number of anilines is 1. The first kappa shape index (κ1) is 19.8. The molecule has 0 spiro atoms. The van der Waals surface area contributed by atoms with Gasteiger partial charge in [-0.15, -0.1) is 5.10 Å². The summed E-state index contributed by atoms with van der Waals surface area (Å²) in [5, 5.41) is 8.82. The monoisotopic (exact) mass is 434 g/mol. The number of rotatable bonds is 3. The Morgan fingerprint density at radius 2 is 1.97 bits per heavy atom. The average Bonchev–Trinajstić information content (AvgIpc) is 3.15. The lowest BCUT2D eigenvalue weighted by Crippen LogP contribution is -2.36. The number of allylic oxidation sites excluding steroid dienone is 2. The van der Waals surface area contributed by atoms with Crippen LogP contribution in [-0.4, -0.2) is 27.7 Å². The molecule has 1 aliphatic carbocycles. The third-order valence-electron chi connectivity index (χ3n) is 5.82. The number of halogens is 1. The molecule has 0 fully saturated rings. The molecule has 0 saturated heterocycles. The molecule has 7 heteroatoms.